The molecule has 0 spiro atoms. The monoisotopic (exact) mass is 288 g/mol. The summed E-state index contributed by atoms with van der Waals surface area (Å²) in [6.07, 6.45) is 1.57. The second kappa shape index (κ2) is 7.22. The molecule has 1 heterocycles. The molecular weight excluding hydrogens is 264 g/mol. The average Bonchev–Trinajstić information content (AvgIpc) is 2.93. The third kappa shape index (κ3) is 3.82. The average molecular weight is 288 g/mol. The van der Waals surface area contributed by atoms with Gasteiger partial charge in [-0.15, -0.1) is 0 Å². The van der Waals surface area contributed by atoms with Gasteiger partial charge in [0.25, 0.3) is 0 Å². The molecule has 2 rings (SSSR count). The Bertz CT molecular complexity index is 579. The lowest BCUT2D eigenvalue weighted by molar-refractivity contribution is 0.282. The van der Waals surface area contributed by atoms with Crippen molar-refractivity contribution in [3.05, 3.63) is 41.5 Å². The van der Waals surface area contributed by atoms with Gasteiger partial charge in [-0.25, -0.2) is 9.67 Å². The third-order valence-corrected chi connectivity index (χ3v) is 3.49. The molecule has 5 heteroatoms. The predicted molar refractivity (Wildman–Crippen MR) is 83.3 cm³/mol. The van der Waals surface area contributed by atoms with E-state index in [0.29, 0.717) is 6.61 Å². The first-order valence-electron chi connectivity index (χ1n) is 7.49. The van der Waals surface area contributed by atoms with Crippen molar-refractivity contribution < 1.29 is 4.74 Å². The number of benzene rings is 1. The number of nitrogens with zero attached hydrogens (tertiary/aromatic N) is 3. The molecule has 1 aromatic heterocycles. The van der Waals surface area contributed by atoms with Crippen LogP contribution in [0.1, 0.15) is 43.8 Å². The quantitative estimate of drug-likeness (QED) is 0.851. The van der Waals surface area contributed by atoms with Crippen molar-refractivity contribution >= 4 is 0 Å². The molecule has 0 aliphatic heterocycles. The third-order valence-electron chi connectivity index (χ3n) is 3.49. The van der Waals surface area contributed by atoms with Gasteiger partial charge in [-0.05, 0) is 33.4 Å². The van der Waals surface area contributed by atoms with Crippen molar-refractivity contribution in [3.8, 4) is 5.75 Å². The molecule has 0 radical (unpaired) electrons. The summed E-state index contributed by atoms with van der Waals surface area (Å²) in [7, 11) is 0. The summed E-state index contributed by atoms with van der Waals surface area (Å²) in [5, 5.41) is 7.59. The zero-order valence-corrected chi connectivity index (χ0v) is 13.3. The lowest BCUT2D eigenvalue weighted by Gasteiger charge is -2.18. The van der Waals surface area contributed by atoms with Crippen molar-refractivity contribution in [2.45, 2.75) is 46.9 Å². The Kier molecular flexibility index (Phi) is 5.33. The fraction of sp³-hybridized carbons (Fsp3) is 0.500. The van der Waals surface area contributed by atoms with Crippen molar-refractivity contribution in [2.24, 2.45) is 0 Å². The summed E-state index contributed by atoms with van der Waals surface area (Å²) in [6.45, 7) is 10.6. The molecule has 0 saturated carbocycles. The Labute approximate surface area is 126 Å². The maximum atomic E-state index is 5.98. The molecule has 0 fully saturated rings. The molecule has 1 atom stereocenters. The molecule has 5 nitrogen and oxygen atoms in total. The van der Waals surface area contributed by atoms with E-state index in [1.165, 1.54) is 11.1 Å². The van der Waals surface area contributed by atoms with Gasteiger partial charge in [0.05, 0.1) is 0 Å². The van der Waals surface area contributed by atoms with Crippen LogP contribution in [0.25, 0.3) is 0 Å². The largest absolute Gasteiger partial charge is 0.485 e. The van der Waals surface area contributed by atoms with Gasteiger partial charge in [-0.3, -0.25) is 0 Å². The van der Waals surface area contributed by atoms with Crippen molar-refractivity contribution in [1.29, 1.82) is 0 Å². The number of ether oxygens (including phenoxy) is 1. The highest BCUT2D eigenvalue weighted by molar-refractivity contribution is 5.39. The number of hydrogen-bond donors (Lipinski definition) is 1. The Morgan fingerprint density at radius 3 is 2.86 bits per heavy atom. The fourth-order valence-corrected chi connectivity index (χ4v) is 2.36. The van der Waals surface area contributed by atoms with Crippen LogP contribution in [-0.2, 0) is 13.2 Å². The summed E-state index contributed by atoms with van der Waals surface area (Å²) < 4.78 is 7.83. The molecule has 114 valence electrons. The minimum Gasteiger partial charge on any atom is -0.485 e. The lowest BCUT2D eigenvalue weighted by atomic mass is 10.0. The van der Waals surface area contributed by atoms with E-state index < -0.39 is 0 Å². The van der Waals surface area contributed by atoms with Gasteiger partial charge in [-0.1, -0.05) is 24.6 Å². The minimum atomic E-state index is 0.258. The fourth-order valence-electron chi connectivity index (χ4n) is 2.36. The van der Waals surface area contributed by atoms with Crippen LogP contribution in [0, 0.1) is 6.92 Å². The van der Waals surface area contributed by atoms with E-state index in [1.807, 2.05) is 17.7 Å². The van der Waals surface area contributed by atoms with Crippen LogP contribution in [-0.4, -0.2) is 21.3 Å². The summed E-state index contributed by atoms with van der Waals surface area (Å²) in [5.41, 5.74) is 2.42. The second-order valence-corrected chi connectivity index (χ2v) is 5.10. The predicted octanol–water partition coefficient (Wildman–Crippen LogP) is 2.86. The molecule has 1 unspecified atom stereocenters. The van der Waals surface area contributed by atoms with Gasteiger partial charge in [0, 0.05) is 18.2 Å². The Morgan fingerprint density at radius 1 is 1.33 bits per heavy atom. The van der Waals surface area contributed by atoms with Crippen LogP contribution in [0.5, 0.6) is 5.75 Å². The summed E-state index contributed by atoms with van der Waals surface area (Å²) in [5.74, 6) is 1.75. The van der Waals surface area contributed by atoms with Crippen LogP contribution in [0.2, 0.25) is 0 Å². The number of rotatable bonds is 7. The van der Waals surface area contributed by atoms with Crippen LogP contribution >= 0.6 is 0 Å². The molecule has 21 heavy (non-hydrogen) atoms. The Morgan fingerprint density at radius 2 is 2.14 bits per heavy atom. The van der Waals surface area contributed by atoms with E-state index in [4.69, 9.17) is 4.74 Å². The normalized spacial score (nSPS) is 12.4. The first kappa shape index (κ1) is 15.5. The summed E-state index contributed by atoms with van der Waals surface area (Å²) in [6, 6.07) is 6.54. The van der Waals surface area contributed by atoms with E-state index in [-0.39, 0.29) is 6.04 Å². The summed E-state index contributed by atoms with van der Waals surface area (Å²) >= 11 is 0. The number of hydrogen-bond acceptors (Lipinski definition) is 4. The van der Waals surface area contributed by atoms with E-state index in [0.717, 1.165) is 24.7 Å². The van der Waals surface area contributed by atoms with E-state index in [2.05, 4.69) is 48.3 Å². The van der Waals surface area contributed by atoms with Crippen molar-refractivity contribution in [1.82, 2.24) is 20.1 Å². The Balaban J connectivity index is 2.15. The first-order valence-corrected chi connectivity index (χ1v) is 7.49. The Hall–Kier alpha value is -1.88. The van der Waals surface area contributed by atoms with E-state index in [1.54, 1.807) is 6.33 Å². The highest BCUT2D eigenvalue weighted by atomic mass is 16.5. The number of aromatic nitrogens is 3. The molecule has 2 aromatic rings. The molecule has 1 N–H and O–H groups in total. The minimum absolute atomic E-state index is 0.258. The van der Waals surface area contributed by atoms with Crippen molar-refractivity contribution in [2.75, 3.05) is 6.54 Å². The zero-order chi connectivity index (χ0) is 15.2. The lowest BCUT2D eigenvalue weighted by Crippen LogP contribution is -2.19. The van der Waals surface area contributed by atoms with Gasteiger partial charge < -0.3 is 10.1 Å². The number of nitrogens with one attached hydrogen (secondary N) is 1. The standard InChI is InChI=1S/C16H24N4O/c1-5-17-13(4)14-9-12(3)7-8-15(14)21-10-16-18-11-19-20(16)6-2/h7-9,11,13,17H,5-6,10H2,1-4H3. The molecule has 0 bridgehead atoms. The molecule has 0 aliphatic carbocycles. The highest BCUT2D eigenvalue weighted by Crippen LogP contribution is 2.27. The van der Waals surface area contributed by atoms with Crippen LogP contribution in [0.15, 0.2) is 24.5 Å². The van der Waals surface area contributed by atoms with Gasteiger partial charge in [0.2, 0.25) is 0 Å². The van der Waals surface area contributed by atoms with Crippen molar-refractivity contribution in [3.63, 3.8) is 0 Å². The zero-order valence-electron chi connectivity index (χ0n) is 13.3. The SMILES string of the molecule is CCNC(C)c1cc(C)ccc1OCc1ncnn1CC. The van der Waals surface area contributed by atoms with Gasteiger partial charge in [-0.2, -0.15) is 5.10 Å². The van der Waals surface area contributed by atoms with E-state index >= 15 is 0 Å². The smallest absolute Gasteiger partial charge is 0.164 e. The first-order chi connectivity index (χ1) is 10.2. The second-order valence-electron chi connectivity index (χ2n) is 5.10. The highest BCUT2D eigenvalue weighted by Gasteiger charge is 2.12. The molecule has 0 amide bonds. The maximum absolute atomic E-state index is 5.98. The van der Waals surface area contributed by atoms with Crippen LogP contribution < -0.4 is 10.1 Å². The number of aryl methyl sites for hydroxylation is 2. The molecule has 0 aliphatic rings. The van der Waals surface area contributed by atoms with Crippen LogP contribution in [0.4, 0.5) is 0 Å². The topological polar surface area (TPSA) is 52.0 Å². The van der Waals surface area contributed by atoms with Gasteiger partial charge in [0.1, 0.15) is 18.7 Å². The maximum Gasteiger partial charge on any atom is 0.164 e. The molecule has 1 aromatic carbocycles. The van der Waals surface area contributed by atoms with Gasteiger partial charge >= 0.3 is 0 Å². The van der Waals surface area contributed by atoms with E-state index in [9.17, 15) is 0 Å². The molecular formula is C16H24N4O. The van der Waals surface area contributed by atoms with Gasteiger partial charge in [0.15, 0.2) is 5.82 Å². The summed E-state index contributed by atoms with van der Waals surface area (Å²) in [4.78, 5) is 4.24. The van der Waals surface area contributed by atoms with Crippen LogP contribution in [0.3, 0.4) is 0 Å². The molecule has 0 saturated heterocycles.